The molecule has 0 unspecified atom stereocenters. The van der Waals surface area contributed by atoms with Crippen molar-refractivity contribution >= 4 is 44.8 Å². The molecule has 0 aliphatic carbocycles. The predicted octanol–water partition coefficient (Wildman–Crippen LogP) is 2.83. The van der Waals surface area contributed by atoms with Crippen LogP contribution in [0.3, 0.4) is 0 Å². The Kier molecular flexibility index (Phi) is 7.35. The minimum absolute atomic E-state index is 0.133. The summed E-state index contributed by atoms with van der Waals surface area (Å²) in [6.45, 7) is 4.22. The predicted molar refractivity (Wildman–Crippen MR) is 117 cm³/mol. The van der Waals surface area contributed by atoms with Crippen molar-refractivity contribution in [2.75, 3.05) is 26.2 Å². The molecule has 168 valence electrons. The molecule has 0 saturated carbocycles. The van der Waals surface area contributed by atoms with Gasteiger partial charge >= 0.3 is 0 Å². The molecule has 1 saturated heterocycles. The number of hydrogen-bond acceptors (Lipinski definition) is 5. The van der Waals surface area contributed by atoms with Crippen LogP contribution in [-0.2, 0) is 14.8 Å². The zero-order valence-corrected chi connectivity index (χ0v) is 19.4. The number of hydrogen-bond donors (Lipinski definition) is 1. The van der Waals surface area contributed by atoms with Crippen molar-refractivity contribution in [3.63, 3.8) is 0 Å². The number of thiophene rings is 1. The largest absolute Gasteiger partial charge is 0.340 e. The molecule has 1 aliphatic heterocycles. The first kappa shape index (κ1) is 23.6. The molecule has 1 aromatic carbocycles. The van der Waals surface area contributed by atoms with Gasteiger partial charge in [-0.2, -0.15) is 4.31 Å². The second-order valence-electron chi connectivity index (χ2n) is 7.46. The summed E-state index contributed by atoms with van der Waals surface area (Å²) in [6.07, 6.45) is 0. The third kappa shape index (κ3) is 5.25. The third-order valence-electron chi connectivity index (χ3n) is 5.03. The van der Waals surface area contributed by atoms with Gasteiger partial charge in [-0.3, -0.25) is 9.59 Å². The number of carbonyl (C=O) groups is 2. The molecule has 2 heterocycles. The second kappa shape index (κ2) is 9.64. The lowest BCUT2D eigenvalue weighted by Crippen LogP contribution is -2.57. The zero-order chi connectivity index (χ0) is 22.8. The van der Waals surface area contributed by atoms with E-state index < -0.39 is 27.8 Å². The highest BCUT2D eigenvalue weighted by Crippen LogP contribution is 2.28. The highest BCUT2D eigenvalue weighted by molar-refractivity contribution is 7.91. The van der Waals surface area contributed by atoms with E-state index in [9.17, 15) is 22.4 Å². The van der Waals surface area contributed by atoms with E-state index in [2.05, 4.69) is 5.32 Å². The fourth-order valence-electron chi connectivity index (χ4n) is 3.29. The van der Waals surface area contributed by atoms with Gasteiger partial charge in [-0.15, -0.1) is 11.3 Å². The Bertz CT molecular complexity index is 1070. The Morgan fingerprint density at radius 1 is 1.10 bits per heavy atom. The molecule has 0 bridgehead atoms. The first-order chi connectivity index (χ1) is 14.6. The summed E-state index contributed by atoms with van der Waals surface area (Å²) >= 11 is 6.84. The van der Waals surface area contributed by atoms with Gasteiger partial charge in [-0.25, -0.2) is 12.8 Å². The second-order valence-corrected chi connectivity index (χ2v) is 11.3. The molecule has 2 aromatic rings. The fraction of sp³-hybridized carbons (Fsp3) is 0.400. The molecule has 0 spiro atoms. The molecule has 31 heavy (non-hydrogen) atoms. The number of nitrogens with zero attached hydrogens (tertiary/aromatic N) is 2. The fourth-order valence-corrected chi connectivity index (χ4v) is 6.35. The van der Waals surface area contributed by atoms with Crippen LogP contribution in [0.5, 0.6) is 0 Å². The number of piperazine rings is 1. The van der Waals surface area contributed by atoms with Crippen molar-refractivity contribution in [2.24, 2.45) is 5.92 Å². The van der Waals surface area contributed by atoms with Crippen LogP contribution in [0.4, 0.5) is 4.39 Å². The van der Waals surface area contributed by atoms with Gasteiger partial charge in [0.2, 0.25) is 5.91 Å². The number of carbonyl (C=O) groups excluding carboxylic acids is 2. The van der Waals surface area contributed by atoms with Crippen LogP contribution in [0, 0.1) is 11.7 Å². The maximum absolute atomic E-state index is 13.9. The Labute approximate surface area is 189 Å². The van der Waals surface area contributed by atoms with E-state index in [1.165, 1.54) is 39.5 Å². The van der Waals surface area contributed by atoms with Crippen molar-refractivity contribution in [1.29, 1.82) is 0 Å². The first-order valence-electron chi connectivity index (χ1n) is 9.71. The van der Waals surface area contributed by atoms with Crippen molar-refractivity contribution < 1.29 is 22.4 Å². The van der Waals surface area contributed by atoms with Crippen LogP contribution in [0.1, 0.15) is 24.2 Å². The van der Waals surface area contributed by atoms with E-state index in [0.717, 1.165) is 11.3 Å². The summed E-state index contributed by atoms with van der Waals surface area (Å²) in [5, 5.41) is 2.63. The summed E-state index contributed by atoms with van der Waals surface area (Å²) in [5.41, 5.74) is -0.133. The zero-order valence-electron chi connectivity index (χ0n) is 17.0. The first-order valence-corrected chi connectivity index (χ1v) is 12.3. The lowest BCUT2D eigenvalue weighted by molar-refractivity contribution is -0.135. The minimum Gasteiger partial charge on any atom is -0.340 e. The lowest BCUT2D eigenvalue weighted by Gasteiger charge is -2.36. The average molecular weight is 488 g/mol. The lowest BCUT2D eigenvalue weighted by atomic mass is 10.0. The summed E-state index contributed by atoms with van der Waals surface area (Å²) < 4.78 is 41.3. The molecule has 1 aliphatic rings. The molecule has 2 amide bonds. The van der Waals surface area contributed by atoms with E-state index in [4.69, 9.17) is 11.6 Å². The molecular formula is C20H23ClFN3O4S2. The Hall–Kier alpha value is -2.01. The average Bonchev–Trinajstić information content (AvgIpc) is 3.19. The molecule has 1 fully saturated rings. The van der Waals surface area contributed by atoms with E-state index in [1.54, 1.807) is 19.9 Å². The van der Waals surface area contributed by atoms with Gasteiger partial charge in [0.05, 0.1) is 9.90 Å². The van der Waals surface area contributed by atoms with E-state index in [0.29, 0.717) is 4.34 Å². The van der Waals surface area contributed by atoms with Gasteiger partial charge in [0.15, 0.2) is 0 Å². The van der Waals surface area contributed by atoms with Crippen molar-refractivity contribution in [3.05, 3.63) is 52.1 Å². The summed E-state index contributed by atoms with van der Waals surface area (Å²) in [7, 11) is -3.67. The van der Waals surface area contributed by atoms with Crippen LogP contribution in [0.15, 0.2) is 40.6 Å². The Morgan fingerprint density at radius 2 is 1.74 bits per heavy atom. The Balaban J connectivity index is 1.66. The Morgan fingerprint density at radius 3 is 2.29 bits per heavy atom. The monoisotopic (exact) mass is 487 g/mol. The standard InChI is InChI=1S/C20H23ClFN3O4S2/c1-13(2)18(23-19(26)14-5-3-4-6-15(14)22)20(27)24-9-11-25(12-10-24)31(28,29)17-8-7-16(21)30-17/h3-8,13,18H,9-12H2,1-2H3,(H,23,26)/t18-/m0/s1. The molecule has 1 atom stereocenters. The van der Waals surface area contributed by atoms with Crippen LogP contribution in [-0.4, -0.2) is 61.7 Å². The van der Waals surface area contributed by atoms with E-state index >= 15 is 0 Å². The highest BCUT2D eigenvalue weighted by atomic mass is 35.5. The third-order valence-corrected chi connectivity index (χ3v) is 8.63. The van der Waals surface area contributed by atoms with Gasteiger partial charge in [0, 0.05) is 26.2 Å². The van der Waals surface area contributed by atoms with E-state index in [-0.39, 0.29) is 47.8 Å². The summed E-state index contributed by atoms with van der Waals surface area (Å²) in [4.78, 5) is 27.1. The molecule has 3 rings (SSSR count). The summed E-state index contributed by atoms with van der Waals surface area (Å²) in [6, 6.07) is 7.71. The molecule has 0 radical (unpaired) electrons. The van der Waals surface area contributed by atoms with Gasteiger partial charge in [-0.05, 0) is 30.2 Å². The van der Waals surface area contributed by atoms with Crippen LogP contribution < -0.4 is 5.32 Å². The van der Waals surface area contributed by atoms with Crippen LogP contribution in [0.2, 0.25) is 4.34 Å². The van der Waals surface area contributed by atoms with Crippen molar-refractivity contribution in [2.45, 2.75) is 24.1 Å². The molecular weight excluding hydrogens is 465 g/mol. The van der Waals surface area contributed by atoms with Gasteiger partial charge in [0.1, 0.15) is 16.1 Å². The maximum Gasteiger partial charge on any atom is 0.254 e. The molecule has 7 nitrogen and oxygen atoms in total. The number of benzene rings is 1. The van der Waals surface area contributed by atoms with Gasteiger partial charge in [0.25, 0.3) is 15.9 Å². The summed E-state index contributed by atoms with van der Waals surface area (Å²) in [5.74, 6) is -1.89. The highest BCUT2D eigenvalue weighted by Gasteiger charge is 2.35. The number of nitrogens with one attached hydrogen (secondary N) is 1. The van der Waals surface area contributed by atoms with E-state index in [1.807, 2.05) is 0 Å². The van der Waals surface area contributed by atoms with Crippen molar-refractivity contribution in [3.8, 4) is 0 Å². The number of halogens is 2. The van der Waals surface area contributed by atoms with Gasteiger partial charge in [-0.1, -0.05) is 37.6 Å². The normalized spacial score (nSPS) is 16.4. The smallest absolute Gasteiger partial charge is 0.254 e. The molecule has 1 N–H and O–H groups in total. The SMILES string of the molecule is CC(C)[C@H](NC(=O)c1ccccc1F)C(=O)N1CCN(S(=O)(=O)c2ccc(Cl)s2)CC1. The quantitative estimate of drug-likeness (QED) is 0.678. The van der Waals surface area contributed by atoms with Crippen LogP contribution in [0.25, 0.3) is 0 Å². The van der Waals surface area contributed by atoms with Crippen molar-refractivity contribution in [1.82, 2.24) is 14.5 Å². The topological polar surface area (TPSA) is 86.8 Å². The number of amides is 2. The maximum atomic E-state index is 13.9. The number of rotatable bonds is 6. The number of sulfonamides is 1. The van der Waals surface area contributed by atoms with Crippen LogP contribution >= 0.6 is 22.9 Å². The van der Waals surface area contributed by atoms with Gasteiger partial charge < -0.3 is 10.2 Å². The minimum atomic E-state index is -3.67. The molecule has 1 aromatic heterocycles. The molecule has 11 heteroatoms.